The summed E-state index contributed by atoms with van der Waals surface area (Å²) in [4.78, 5) is 12.7. The van der Waals surface area contributed by atoms with Gasteiger partial charge in [0.25, 0.3) is 5.91 Å². The standard InChI is InChI=1S/C18H22Cl2N2O4S2/c1-5-22(6-2)28(24,25)12-7-8-15(26-11(3)4)14(9-12)21-18(23)13-10-16(19)27-17(13)20/h7-11H,5-6H2,1-4H3,(H,21,23). The van der Waals surface area contributed by atoms with Gasteiger partial charge in [-0.2, -0.15) is 4.31 Å². The summed E-state index contributed by atoms with van der Waals surface area (Å²) in [6.07, 6.45) is -0.167. The highest BCUT2D eigenvalue weighted by Gasteiger charge is 2.24. The zero-order chi connectivity index (χ0) is 21.1. The van der Waals surface area contributed by atoms with E-state index in [-0.39, 0.29) is 26.6 Å². The van der Waals surface area contributed by atoms with Crippen LogP contribution in [0.5, 0.6) is 5.75 Å². The topological polar surface area (TPSA) is 75.7 Å². The van der Waals surface area contributed by atoms with Crippen LogP contribution in [0, 0.1) is 0 Å². The summed E-state index contributed by atoms with van der Waals surface area (Å²) in [5, 5.41) is 2.69. The monoisotopic (exact) mass is 464 g/mol. The number of benzene rings is 1. The van der Waals surface area contributed by atoms with Crippen LogP contribution in [0.2, 0.25) is 8.67 Å². The van der Waals surface area contributed by atoms with Crippen molar-refractivity contribution < 1.29 is 17.9 Å². The fourth-order valence-electron chi connectivity index (χ4n) is 2.52. The first-order valence-corrected chi connectivity index (χ1v) is 11.7. The fourth-order valence-corrected chi connectivity index (χ4v) is 5.46. The average molecular weight is 465 g/mol. The quantitative estimate of drug-likeness (QED) is 0.587. The number of rotatable bonds is 8. The number of ether oxygens (including phenoxy) is 1. The van der Waals surface area contributed by atoms with Crippen molar-refractivity contribution in [2.75, 3.05) is 18.4 Å². The number of amides is 1. The largest absolute Gasteiger partial charge is 0.489 e. The van der Waals surface area contributed by atoms with Gasteiger partial charge < -0.3 is 10.1 Å². The highest BCUT2D eigenvalue weighted by molar-refractivity contribution is 7.89. The van der Waals surface area contributed by atoms with Gasteiger partial charge in [0, 0.05) is 13.1 Å². The van der Waals surface area contributed by atoms with Gasteiger partial charge in [-0.05, 0) is 38.1 Å². The first kappa shape index (κ1) is 23.0. The summed E-state index contributed by atoms with van der Waals surface area (Å²) in [5.41, 5.74) is 0.453. The summed E-state index contributed by atoms with van der Waals surface area (Å²) >= 11 is 13.0. The molecule has 0 aliphatic carbocycles. The molecular weight excluding hydrogens is 443 g/mol. The maximum atomic E-state index is 12.8. The summed E-state index contributed by atoms with van der Waals surface area (Å²) in [6.45, 7) is 7.88. The zero-order valence-corrected chi connectivity index (χ0v) is 19.1. The lowest BCUT2D eigenvalue weighted by Crippen LogP contribution is -2.30. The van der Waals surface area contributed by atoms with Crippen molar-refractivity contribution in [3.8, 4) is 5.75 Å². The predicted molar refractivity (Wildman–Crippen MR) is 115 cm³/mol. The molecule has 10 heteroatoms. The molecule has 1 aromatic heterocycles. The van der Waals surface area contributed by atoms with Gasteiger partial charge >= 0.3 is 0 Å². The second-order valence-electron chi connectivity index (χ2n) is 6.11. The van der Waals surface area contributed by atoms with E-state index in [0.717, 1.165) is 11.3 Å². The van der Waals surface area contributed by atoms with Crippen molar-refractivity contribution in [2.24, 2.45) is 0 Å². The Labute approximate surface area is 179 Å². The molecule has 0 aliphatic rings. The lowest BCUT2D eigenvalue weighted by Gasteiger charge is -2.20. The molecule has 0 saturated carbocycles. The maximum Gasteiger partial charge on any atom is 0.258 e. The number of thiophene rings is 1. The molecule has 0 aliphatic heterocycles. The van der Waals surface area contributed by atoms with Crippen LogP contribution in [0.1, 0.15) is 38.1 Å². The molecule has 28 heavy (non-hydrogen) atoms. The van der Waals surface area contributed by atoms with Gasteiger partial charge in [0.1, 0.15) is 10.1 Å². The Morgan fingerprint density at radius 3 is 2.36 bits per heavy atom. The van der Waals surface area contributed by atoms with Gasteiger partial charge in [0.05, 0.1) is 26.6 Å². The number of hydrogen-bond acceptors (Lipinski definition) is 5. The van der Waals surface area contributed by atoms with Crippen LogP contribution in [0.25, 0.3) is 0 Å². The molecule has 0 spiro atoms. The summed E-state index contributed by atoms with van der Waals surface area (Å²) in [6, 6.07) is 5.86. The molecular formula is C18H22Cl2N2O4S2. The molecule has 0 radical (unpaired) electrons. The second-order valence-corrected chi connectivity index (χ2v) is 10.3. The number of carbonyl (C=O) groups excluding carboxylic acids is 1. The molecule has 2 aromatic rings. The Morgan fingerprint density at radius 2 is 1.86 bits per heavy atom. The molecule has 2 rings (SSSR count). The predicted octanol–water partition coefficient (Wildman–Crippen LogP) is 5.12. The molecule has 0 unspecified atom stereocenters. The third kappa shape index (κ3) is 5.18. The van der Waals surface area contributed by atoms with E-state index in [9.17, 15) is 13.2 Å². The van der Waals surface area contributed by atoms with Gasteiger partial charge in [0.2, 0.25) is 10.0 Å². The molecule has 1 amide bonds. The van der Waals surface area contributed by atoms with Crippen molar-refractivity contribution in [1.82, 2.24) is 4.31 Å². The van der Waals surface area contributed by atoms with Crippen LogP contribution in [0.3, 0.4) is 0 Å². The minimum atomic E-state index is -3.69. The van der Waals surface area contributed by atoms with Gasteiger partial charge in [-0.3, -0.25) is 4.79 Å². The number of halogens is 2. The Kier molecular flexibility index (Phi) is 7.75. The number of hydrogen-bond donors (Lipinski definition) is 1. The van der Waals surface area contributed by atoms with Gasteiger partial charge in [0.15, 0.2) is 0 Å². The van der Waals surface area contributed by atoms with Crippen LogP contribution < -0.4 is 10.1 Å². The van der Waals surface area contributed by atoms with Crippen LogP contribution in [-0.4, -0.2) is 37.8 Å². The lowest BCUT2D eigenvalue weighted by atomic mass is 10.2. The maximum absolute atomic E-state index is 12.8. The van der Waals surface area contributed by atoms with Gasteiger partial charge in [-0.25, -0.2) is 8.42 Å². The number of sulfonamides is 1. The Balaban J connectivity index is 2.47. The number of carbonyl (C=O) groups is 1. The van der Waals surface area contributed by atoms with E-state index >= 15 is 0 Å². The van der Waals surface area contributed by atoms with E-state index in [4.69, 9.17) is 27.9 Å². The molecule has 1 heterocycles. The number of anilines is 1. The zero-order valence-electron chi connectivity index (χ0n) is 16.0. The molecule has 1 N–H and O–H groups in total. The third-order valence-corrected chi connectivity index (χ3v) is 7.34. The minimum Gasteiger partial charge on any atom is -0.489 e. The fraction of sp³-hybridized carbons (Fsp3) is 0.389. The summed E-state index contributed by atoms with van der Waals surface area (Å²) < 4.78 is 33.3. The van der Waals surface area contributed by atoms with Crippen LogP contribution in [0.15, 0.2) is 29.2 Å². The molecule has 0 saturated heterocycles. The van der Waals surface area contributed by atoms with E-state index in [1.165, 1.54) is 28.6 Å². The highest BCUT2D eigenvalue weighted by Crippen LogP contribution is 2.34. The first-order chi connectivity index (χ1) is 13.1. The molecule has 0 bridgehead atoms. The van der Waals surface area contributed by atoms with Crippen LogP contribution >= 0.6 is 34.5 Å². The van der Waals surface area contributed by atoms with E-state index < -0.39 is 15.9 Å². The smallest absolute Gasteiger partial charge is 0.258 e. The van der Waals surface area contributed by atoms with Crippen molar-refractivity contribution in [1.29, 1.82) is 0 Å². The van der Waals surface area contributed by atoms with Crippen LogP contribution in [0.4, 0.5) is 5.69 Å². The molecule has 0 atom stereocenters. The second kappa shape index (κ2) is 9.45. The number of nitrogens with one attached hydrogen (secondary N) is 1. The Bertz CT molecular complexity index is 954. The van der Waals surface area contributed by atoms with E-state index in [2.05, 4.69) is 5.32 Å². The summed E-state index contributed by atoms with van der Waals surface area (Å²) in [7, 11) is -3.69. The van der Waals surface area contributed by atoms with Crippen molar-refractivity contribution in [2.45, 2.75) is 38.7 Å². The molecule has 6 nitrogen and oxygen atoms in total. The van der Waals surface area contributed by atoms with Crippen molar-refractivity contribution in [3.63, 3.8) is 0 Å². The minimum absolute atomic E-state index is 0.0667. The molecule has 0 fully saturated rings. The van der Waals surface area contributed by atoms with Gasteiger partial charge in [-0.15, -0.1) is 11.3 Å². The molecule has 1 aromatic carbocycles. The average Bonchev–Trinajstić information content (AvgIpc) is 2.95. The SMILES string of the molecule is CCN(CC)S(=O)(=O)c1ccc(OC(C)C)c(NC(=O)c2cc(Cl)sc2Cl)c1. The molecule has 154 valence electrons. The Hall–Kier alpha value is -1.32. The van der Waals surface area contributed by atoms with E-state index in [1.54, 1.807) is 13.8 Å². The van der Waals surface area contributed by atoms with Crippen LogP contribution in [-0.2, 0) is 10.0 Å². The summed E-state index contributed by atoms with van der Waals surface area (Å²) in [5.74, 6) is -0.140. The number of nitrogens with zero attached hydrogens (tertiary/aromatic N) is 1. The Morgan fingerprint density at radius 1 is 1.21 bits per heavy atom. The normalized spacial score (nSPS) is 11.9. The highest BCUT2D eigenvalue weighted by atomic mass is 35.5. The first-order valence-electron chi connectivity index (χ1n) is 8.67. The van der Waals surface area contributed by atoms with Crippen molar-refractivity contribution >= 4 is 56.2 Å². The van der Waals surface area contributed by atoms with E-state index in [1.807, 2.05) is 13.8 Å². The van der Waals surface area contributed by atoms with Gasteiger partial charge in [-0.1, -0.05) is 37.0 Å². The van der Waals surface area contributed by atoms with Crippen molar-refractivity contribution in [3.05, 3.63) is 38.5 Å². The van der Waals surface area contributed by atoms with E-state index in [0.29, 0.717) is 23.2 Å². The lowest BCUT2D eigenvalue weighted by molar-refractivity contribution is 0.102. The third-order valence-electron chi connectivity index (χ3n) is 3.81.